The number of hydrogen-bond acceptors (Lipinski definition) is 7. The Morgan fingerprint density at radius 3 is 2.49 bits per heavy atom. The molecule has 1 aliphatic heterocycles. The van der Waals surface area contributed by atoms with E-state index in [0.717, 1.165) is 34.2 Å². The van der Waals surface area contributed by atoms with Gasteiger partial charge < -0.3 is 25.6 Å². The number of nitrogens with one attached hydrogen (secondary N) is 1. The zero-order valence-electron chi connectivity index (χ0n) is 24.4. The molecule has 222 valence electrons. The Hall–Kier alpha value is -3.78. The fraction of sp³-hybridized carbons (Fsp3) is 0.306. The number of nitrogens with two attached hydrogens (primary N) is 1. The number of benzene rings is 4. The molecule has 3 unspecified atom stereocenters. The number of anilines is 1. The zero-order valence-corrected chi connectivity index (χ0v) is 25.2. The largest absolute Gasteiger partial charge is 0.497 e. The molecule has 1 heterocycles. The van der Waals surface area contributed by atoms with Crippen LogP contribution in [0, 0.1) is 0 Å². The first-order chi connectivity index (χ1) is 21.0. The Bertz CT molecular complexity index is 1610. The maximum absolute atomic E-state index is 13.4. The lowest BCUT2D eigenvalue weighted by atomic mass is 9.81. The molecule has 4 N–H and O–H groups in total. The van der Waals surface area contributed by atoms with Gasteiger partial charge in [-0.3, -0.25) is 0 Å². The second-order valence-corrected chi connectivity index (χ2v) is 12.5. The van der Waals surface area contributed by atoms with Crippen LogP contribution in [0.5, 0.6) is 11.5 Å². The first-order valence-electron chi connectivity index (χ1n) is 15.0. The molecule has 0 saturated carbocycles. The van der Waals surface area contributed by atoms with Gasteiger partial charge in [0.25, 0.3) is 0 Å². The first-order valence-corrected chi connectivity index (χ1v) is 15.9. The van der Waals surface area contributed by atoms with E-state index in [1.165, 1.54) is 49.4 Å². The number of carbonyl (C=O) groups excluding carboxylic acids is 1. The van der Waals surface area contributed by atoms with Crippen molar-refractivity contribution >= 4 is 34.2 Å². The lowest BCUT2D eigenvalue weighted by Crippen LogP contribution is -2.39. The summed E-state index contributed by atoms with van der Waals surface area (Å²) in [6.07, 6.45) is 5.66. The van der Waals surface area contributed by atoms with Crippen LogP contribution in [0.25, 0.3) is 10.8 Å². The molecular weight excluding hydrogens is 556 g/mol. The van der Waals surface area contributed by atoms with Crippen molar-refractivity contribution in [3.63, 3.8) is 0 Å². The van der Waals surface area contributed by atoms with Crippen LogP contribution in [0.3, 0.4) is 0 Å². The number of aliphatic hydroxyl groups excluding tert-OH is 1. The van der Waals surface area contributed by atoms with Crippen molar-refractivity contribution in [1.29, 1.82) is 0 Å². The first kappa shape index (κ1) is 29.3. The number of hydrogen-bond donors (Lipinski definition) is 3. The standard InChI is InChI=1S/C36H38N2O4S/c1-41-27-17-12-26(13-18-27)34(43-35-30-9-5-3-6-24(30)14-19-31(35)37)33(39)36(40)42-28-15-10-23(11-16-28)22-32-29-8-4-2-7-25(29)20-21-38-32/h3,5-6,9-19,32-34,38-39H,2,4,7-8,20-22,37H2,1H3. The van der Waals surface area contributed by atoms with E-state index in [0.29, 0.717) is 23.2 Å². The highest BCUT2D eigenvalue weighted by atomic mass is 32.2. The van der Waals surface area contributed by atoms with Crippen molar-refractivity contribution in [2.45, 2.75) is 60.8 Å². The van der Waals surface area contributed by atoms with Crippen molar-refractivity contribution in [3.05, 3.63) is 107 Å². The molecule has 4 aromatic carbocycles. The van der Waals surface area contributed by atoms with Crippen molar-refractivity contribution in [3.8, 4) is 11.5 Å². The van der Waals surface area contributed by atoms with Crippen molar-refractivity contribution < 1.29 is 19.4 Å². The molecule has 6 nitrogen and oxygen atoms in total. The van der Waals surface area contributed by atoms with E-state index in [2.05, 4.69) is 5.32 Å². The summed E-state index contributed by atoms with van der Waals surface area (Å²) in [4.78, 5) is 14.2. The summed E-state index contributed by atoms with van der Waals surface area (Å²) >= 11 is 1.36. The molecular formula is C36H38N2O4S. The number of nitrogen functional groups attached to an aromatic ring is 1. The molecule has 3 atom stereocenters. The summed E-state index contributed by atoms with van der Waals surface area (Å²) in [5.74, 6) is 0.379. The van der Waals surface area contributed by atoms with Crippen LogP contribution < -0.4 is 20.5 Å². The molecule has 0 radical (unpaired) electrons. The van der Waals surface area contributed by atoms with E-state index < -0.39 is 17.3 Å². The molecule has 1 aliphatic carbocycles. The third-order valence-electron chi connectivity index (χ3n) is 8.58. The topological polar surface area (TPSA) is 93.8 Å². The number of ether oxygens (including phenoxy) is 2. The maximum Gasteiger partial charge on any atom is 0.341 e. The van der Waals surface area contributed by atoms with Crippen LogP contribution in [-0.4, -0.2) is 36.9 Å². The summed E-state index contributed by atoms with van der Waals surface area (Å²) in [6, 6.07) is 27.2. The second-order valence-electron chi connectivity index (χ2n) is 11.3. The summed E-state index contributed by atoms with van der Waals surface area (Å²) in [7, 11) is 1.60. The predicted molar refractivity (Wildman–Crippen MR) is 174 cm³/mol. The summed E-state index contributed by atoms with van der Waals surface area (Å²) in [5, 5.41) is 16.5. The zero-order chi connectivity index (χ0) is 29.8. The van der Waals surface area contributed by atoms with Gasteiger partial charge in [0.1, 0.15) is 11.5 Å². The highest BCUT2D eigenvalue weighted by molar-refractivity contribution is 8.00. The Balaban J connectivity index is 1.20. The molecule has 0 amide bonds. The number of rotatable bonds is 9. The monoisotopic (exact) mass is 594 g/mol. The van der Waals surface area contributed by atoms with Gasteiger partial charge >= 0.3 is 5.97 Å². The van der Waals surface area contributed by atoms with Crippen LogP contribution in [0.15, 0.2) is 101 Å². The molecule has 0 fully saturated rings. The average Bonchev–Trinajstić information content (AvgIpc) is 3.05. The van der Waals surface area contributed by atoms with Crippen LogP contribution in [-0.2, 0) is 11.2 Å². The van der Waals surface area contributed by atoms with Gasteiger partial charge in [0, 0.05) is 16.6 Å². The minimum absolute atomic E-state index is 0.378. The second kappa shape index (κ2) is 13.2. The van der Waals surface area contributed by atoms with E-state index in [9.17, 15) is 9.90 Å². The van der Waals surface area contributed by atoms with Gasteiger partial charge in [-0.15, -0.1) is 11.8 Å². The summed E-state index contributed by atoms with van der Waals surface area (Å²) in [6.45, 7) is 1.04. The van der Waals surface area contributed by atoms with Crippen molar-refractivity contribution in [1.82, 2.24) is 5.32 Å². The molecule has 0 bridgehead atoms. The minimum Gasteiger partial charge on any atom is -0.497 e. The lowest BCUT2D eigenvalue weighted by Gasteiger charge is -2.33. The summed E-state index contributed by atoms with van der Waals surface area (Å²) in [5.41, 5.74) is 12.2. The van der Waals surface area contributed by atoms with Crippen LogP contribution in [0.2, 0.25) is 0 Å². The fourth-order valence-electron chi connectivity index (χ4n) is 6.27. The molecule has 7 heteroatoms. The smallest absolute Gasteiger partial charge is 0.341 e. The SMILES string of the molecule is COc1ccc(C(Sc2c(N)ccc3ccccc23)C(O)C(=O)Oc2ccc(CC3NCCC4=C3CCCC4)cc2)cc1. The Morgan fingerprint density at radius 2 is 1.70 bits per heavy atom. The van der Waals surface area contributed by atoms with Gasteiger partial charge in [-0.2, -0.15) is 0 Å². The third-order valence-corrected chi connectivity index (χ3v) is 10.1. The number of carbonyl (C=O) groups is 1. The van der Waals surface area contributed by atoms with Gasteiger partial charge in [0.05, 0.1) is 12.4 Å². The maximum atomic E-state index is 13.4. The van der Waals surface area contributed by atoms with Gasteiger partial charge in [0.15, 0.2) is 6.10 Å². The Morgan fingerprint density at radius 1 is 0.953 bits per heavy atom. The molecule has 4 aromatic rings. The van der Waals surface area contributed by atoms with Gasteiger partial charge in [0.2, 0.25) is 0 Å². The van der Waals surface area contributed by atoms with Crippen molar-refractivity contribution in [2.75, 3.05) is 19.4 Å². The Labute approximate surface area is 257 Å². The Kier molecular flexibility index (Phi) is 9.03. The highest BCUT2D eigenvalue weighted by Gasteiger charge is 2.32. The predicted octanol–water partition coefficient (Wildman–Crippen LogP) is 7.01. The molecule has 0 saturated heterocycles. The third kappa shape index (κ3) is 6.59. The van der Waals surface area contributed by atoms with Gasteiger partial charge in [-0.05, 0) is 97.3 Å². The number of esters is 1. The molecule has 2 aliphatic rings. The van der Waals surface area contributed by atoms with E-state index in [1.54, 1.807) is 18.3 Å². The van der Waals surface area contributed by atoms with Crippen LogP contribution >= 0.6 is 11.8 Å². The number of aliphatic hydroxyl groups is 1. The molecule has 0 aromatic heterocycles. The number of thioether (sulfide) groups is 1. The van der Waals surface area contributed by atoms with Gasteiger partial charge in [-0.1, -0.05) is 65.7 Å². The highest BCUT2D eigenvalue weighted by Crippen LogP contribution is 2.44. The number of fused-ring (bicyclic) bond motifs is 1. The minimum atomic E-state index is -1.44. The normalized spacial score (nSPS) is 18.1. The molecule has 6 rings (SSSR count). The molecule has 43 heavy (non-hydrogen) atoms. The van der Waals surface area contributed by atoms with Crippen LogP contribution in [0.4, 0.5) is 5.69 Å². The van der Waals surface area contributed by atoms with E-state index in [1.807, 2.05) is 84.9 Å². The van der Waals surface area contributed by atoms with E-state index in [-0.39, 0.29) is 0 Å². The summed E-state index contributed by atoms with van der Waals surface area (Å²) < 4.78 is 11.1. The van der Waals surface area contributed by atoms with E-state index >= 15 is 0 Å². The van der Waals surface area contributed by atoms with E-state index in [4.69, 9.17) is 15.2 Å². The van der Waals surface area contributed by atoms with Crippen molar-refractivity contribution in [2.24, 2.45) is 0 Å². The lowest BCUT2D eigenvalue weighted by molar-refractivity contribution is -0.143. The van der Waals surface area contributed by atoms with Gasteiger partial charge in [-0.25, -0.2) is 4.79 Å². The fourth-order valence-corrected chi connectivity index (χ4v) is 7.57. The quantitative estimate of drug-likeness (QED) is 0.0631. The number of methoxy groups -OCH3 is 1. The molecule has 0 spiro atoms. The van der Waals surface area contributed by atoms with Crippen LogP contribution in [0.1, 0.15) is 48.5 Å². The average molecular weight is 595 g/mol.